The first kappa shape index (κ1) is 28.3. The Labute approximate surface area is 194 Å². The molecule has 1 saturated heterocycles. The number of nitrogens with zero attached hydrogens (tertiary/aromatic N) is 1. The van der Waals surface area contributed by atoms with Gasteiger partial charge in [0.1, 0.15) is 18.1 Å². The fourth-order valence-corrected chi connectivity index (χ4v) is 3.41. The second kappa shape index (κ2) is 13.1. The maximum atomic E-state index is 13.1. The predicted molar refractivity (Wildman–Crippen MR) is 113 cm³/mol. The van der Waals surface area contributed by atoms with Crippen molar-refractivity contribution < 1.29 is 43.8 Å². The van der Waals surface area contributed by atoms with Crippen LogP contribution >= 0.6 is 0 Å². The average Bonchev–Trinajstić information content (AvgIpc) is 3.22. The van der Waals surface area contributed by atoms with Crippen molar-refractivity contribution >= 4 is 41.5 Å². The molecule has 1 fully saturated rings. The summed E-state index contributed by atoms with van der Waals surface area (Å²) in [7, 11) is 0. The summed E-state index contributed by atoms with van der Waals surface area (Å²) in [6.45, 7) is 0.0860. The van der Waals surface area contributed by atoms with E-state index >= 15 is 0 Å². The Balaban J connectivity index is 2.93. The van der Waals surface area contributed by atoms with Crippen molar-refractivity contribution in [1.82, 2.24) is 15.5 Å². The van der Waals surface area contributed by atoms with E-state index in [1.54, 1.807) is 0 Å². The maximum Gasteiger partial charge on any atom is 0.326 e. The van der Waals surface area contributed by atoms with Gasteiger partial charge < -0.3 is 42.9 Å². The molecule has 0 saturated carbocycles. The van der Waals surface area contributed by atoms with E-state index in [-0.39, 0.29) is 32.2 Å². The molecule has 5 amide bonds. The van der Waals surface area contributed by atoms with E-state index < -0.39 is 78.5 Å². The lowest BCUT2D eigenvalue weighted by molar-refractivity contribution is -0.146. The number of rotatable bonds is 14. The number of carboxylic acid groups (broad SMARTS) is 2. The van der Waals surface area contributed by atoms with Gasteiger partial charge in [-0.1, -0.05) is 0 Å². The molecule has 15 nitrogen and oxygen atoms in total. The van der Waals surface area contributed by atoms with E-state index in [0.29, 0.717) is 6.42 Å². The number of carboxylic acids is 2. The first-order valence-corrected chi connectivity index (χ1v) is 10.5. The van der Waals surface area contributed by atoms with E-state index in [4.69, 9.17) is 22.3 Å². The molecule has 0 bridgehead atoms. The Kier molecular flexibility index (Phi) is 10.9. The highest BCUT2D eigenvalue weighted by Gasteiger charge is 2.39. The molecule has 1 heterocycles. The van der Waals surface area contributed by atoms with Crippen molar-refractivity contribution in [3.63, 3.8) is 0 Å². The van der Waals surface area contributed by atoms with E-state index in [9.17, 15) is 38.7 Å². The molecule has 0 aromatic rings. The third-order valence-corrected chi connectivity index (χ3v) is 5.16. The molecule has 0 aromatic heterocycles. The van der Waals surface area contributed by atoms with Gasteiger partial charge in [0.15, 0.2) is 0 Å². The minimum absolute atomic E-state index is 0.0860. The van der Waals surface area contributed by atoms with Crippen LogP contribution in [0.25, 0.3) is 0 Å². The minimum atomic E-state index is -1.48. The zero-order valence-corrected chi connectivity index (χ0v) is 18.4. The highest BCUT2D eigenvalue weighted by Crippen LogP contribution is 2.20. The summed E-state index contributed by atoms with van der Waals surface area (Å²) in [5, 5.41) is 22.5. The first-order chi connectivity index (χ1) is 15.8. The number of hydrogen-bond donors (Lipinski definition) is 7. The Bertz CT molecular complexity index is 833. The highest BCUT2D eigenvalue weighted by molar-refractivity contribution is 5.96. The third kappa shape index (κ3) is 9.01. The number of carbonyl (C=O) groups is 7. The van der Waals surface area contributed by atoms with Gasteiger partial charge in [-0.3, -0.25) is 28.8 Å². The van der Waals surface area contributed by atoms with Crippen molar-refractivity contribution in [2.45, 2.75) is 69.1 Å². The Morgan fingerprint density at radius 1 is 0.912 bits per heavy atom. The number of hydrogen-bond acceptors (Lipinski definition) is 8. The highest BCUT2D eigenvalue weighted by atomic mass is 16.4. The van der Waals surface area contributed by atoms with Gasteiger partial charge in [0, 0.05) is 19.4 Å². The molecule has 10 N–H and O–H groups in total. The van der Waals surface area contributed by atoms with Gasteiger partial charge in [0.25, 0.3) is 0 Å². The molecule has 1 aliphatic heterocycles. The molecular formula is C19H30N6O9. The van der Waals surface area contributed by atoms with Crippen LogP contribution in [0.5, 0.6) is 0 Å². The molecule has 34 heavy (non-hydrogen) atoms. The largest absolute Gasteiger partial charge is 0.481 e. The van der Waals surface area contributed by atoms with Crippen LogP contribution in [-0.4, -0.2) is 87.3 Å². The molecule has 4 unspecified atom stereocenters. The third-order valence-electron chi connectivity index (χ3n) is 5.16. The minimum Gasteiger partial charge on any atom is -0.481 e. The van der Waals surface area contributed by atoms with Crippen molar-refractivity contribution in [3.05, 3.63) is 0 Å². The average molecular weight is 486 g/mol. The van der Waals surface area contributed by atoms with Gasteiger partial charge >= 0.3 is 11.9 Å². The molecule has 190 valence electrons. The second-order valence-corrected chi connectivity index (χ2v) is 7.86. The summed E-state index contributed by atoms with van der Waals surface area (Å²) in [6, 6.07) is -5.22. The molecule has 15 heteroatoms. The van der Waals surface area contributed by atoms with Crippen molar-refractivity contribution in [2.24, 2.45) is 17.2 Å². The van der Waals surface area contributed by atoms with Crippen LogP contribution in [-0.2, 0) is 33.6 Å². The van der Waals surface area contributed by atoms with Crippen LogP contribution in [0.3, 0.4) is 0 Å². The summed E-state index contributed by atoms with van der Waals surface area (Å²) in [5.41, 5.74) is 15.9. The molecule has 0 aromatic carbocycles. The predicted octanol–water partition coefficient (Wildman–Crippen LogP) is -3.64. The molecule has 0 aliphatic carbocycles. The number of nitrogens with two attached hydrogens (primary N) is 3. The monoisotopic (exact) mass is 486 g/mol. The zero-order chi connectivity index (χ0) is 26.0. The molecule has 1 aliphatic rings. The van der Waals surface area contributed by atoms with Gasteiger partial charge in [-0.2, -0.15) is 0 Å². The van der Waals surface area contributed by atoms with Gasteiger partial charge in [-0.05, 0) is 25.7 Å². The Hall–Kier alpha value is -3.75. The second-order valence-electron chi connectivity index (χ2n) is 7.86. The van der Waals surface area contributed by atoms with Crippen LogP contribution in [0.4, 0.5) is 0 Å². The SMILES string of the molecule is NC(=O)CCC(N)C(=O)NC(CC(N)=O)C(=O)N1CCCC1C(=O)NC(CCC(=O)O)C(=O)O. The van der Waals surface area contributed by atoms with Gasteiger partial charge in [0.05, 0.1) is 12.5 Å². The van der Waals surface area contributed by atoms with E-state index in [1.807, 2.05) is 0 Å². The fourth-order valence-electron chi connectivity index (χ4n) is 3.41. The standard InChI is InChI=1S/C19H30N6O9/c20-9(3-5-13(21)26)16(30)24-11(8-14(22)27)18(32)25-7-1-2-12(25)17(31)23-10(19(33)34)4-6-15(28)29/h9-12H,1-8,20H2,(H2,21,26)(H2,22,27)(H,23,31)(H,24,30)(H,28,29)(H,33,34). The smallest absolute Gasteiger partial charge is 0.326 e. The van der Waals surface area contributed by atoms with Gasteiger partial charge in [0.2, 0.25) is 29.5 Å². The van der Waals surface area contributed by atoms with Crippen LogP contribution < -0.4 is 27.8 Å². The molecule has 0 spiro atoms. The molecular weight excluding hydrogens is 456 g/mol. The number of aliphatic carboxylic acids is 2. The number of carbonyl (C=O) groups excluding carboxylic acids is 5. The molecule has 4 atom stereocenters. The topological polar surface area (TPSA) is 265 Å². The lowest BCUT2D eigenvalue weighted by Crippen LogP contribution is -2.57. The quantitative estimate of drug-likeness (QED) is 0.126. The zero-order valence-electron chi connectivity index (χ0n) is 18.4. The van der Waals surface area contributed by atoms with E-state index in [1.165, 1.54) is 0 Å². The maximum absolute atomic E-state index is 13.1. The molecule has 0 radical (unpaired) electrons. The first-order valence-electron chi connectivity index (χ1n) is 10.5. The number of primary amides is 2. The molecule has 1 rings (SSSR count). The number of likely N-dealkylation sites (tertiary alicyclic amines) is 1. The van der Waals surface area contributed by atoms with Gasteiger partial charge in [-0.25, -0.2) is 4.79 Å². The summed E-state index contributed by atoms with van der Waals surface area (Å²) in [5.74, 6) is -6.71. The van der Waals surface area contributed by atoms with Crippen molar-refractivity contribution in [3.8, 4) is 0 Å². The summed E-state index contributed by atoms with van der Waals surface area (Å²) < 4.78 is 0. The van der Waals surface area contributed by atoms with Crippen LogP contribution in [0.2, 0.25) is 0 Å². The van der Waals surface area contributed by atoms with Crippen molar-refractivity contribution in [1.29, 1.82) is 0 Å². The van der Waals surface area contributed by atoms with Crippen molar-refractivity contribution in [2.75, 3.05) is 6.54 Å². The van der Waals surface area contributed by atoms with Crippen LogP contribution in [0.15, 0.2) is 0 Å². The summed E-state index contributed by atoms with van der Waals surface area (Å²) in [4.78, 5) is 83.6. The fraction of sp³-hybridized carbons (Fsp3) is 0.632. The van der Waals surface area contributed by atoms with Crippen LogP contribution in [0, 0.1) is 0 Å². The lowest BCUT2D eigenvalue weighted by Gasteiger charge is -2.29. The normalized spacial score (nSPS) is 17.8. The summed E-state index contributed by atoms with van der Waals surface area (Å²) in [6.07, 6.45) is -1.16. The lowest BCUT2D eigenvalue weighted by atomic mass is 10.1. The van der Waals surface area contributed by atoms with Gasteiger partial charge in [-0.15, -0.1) is 0 Å². The van der Waals surface area contributed by atoms with Crippen LogP contribution in [0.1, 0.15) is 44.9 Å². The number of amides is 5. The number of nitrogens with one attached hydrogen (secondary N) is 2. The summed E-state index contributed by atoms with van der Waals surface area (Å²) >= 11 is 0. The van der Waals surface area contributed by atoms with E-state index in [2.05, 4.69) is 10.6 Å². The van der Waals surface area contributed by atoms with E-state index in [0.717, 1.165) is 4.90 Å². The Morgan fingerprint density at radius 3 is 2.09 bits per heavy atom. The Morgan fingerprint density at radius 2 is 1.56 bits per heavy atom.